The second kappa shape index (κ2) is 7.71. The zero-order chi connectivity index (χ0) is 18.4. The van der Waals surface area contributed by atoms with Crippen LogP contribution in [0.25, 0.3) is 6.08 Å². The Hall–Kier alpha value is -3.32. The summed E-state index contributed by atoms with van der Waals surface area (Å²) in [5.74, 6) is -0.322. The van der Waals surface area contributed by atoms with Gasteiger partial charge in [0.2, 0.25) is 15.7 Å². The summed E-state index contributed by atoms with van der Waals surface area (Å²) in [5, 5.41) is 2.68. The third-order valence-corrected chi connectivity index (χ3v) is 5.24. The van der Waals surface area contributed by atoms with Crippen molar-refractivity contribution in [1.82, 2.24) is 9.97 Å². The van der Waals surface area contributed by atoms with E-state index in [1.54, 1.807) is 42.7 Å². The van der Waals surface area contributed by atoms with E-state index >= 15 is 0 Å². The van der Waals surface area contributed by atoms with Crippen molar-refractivity contribution in [2.45, 2.75) is 9.79 Å². The number of anilines is 1. The average molecular weight is 365 g/mol. The standard InChI is InChI=1S/C19H15N3O3S/c23-19(10-5-15-3-1-11-20-13-15)22-16-6-8-17(9-7-16)26(24,25)18-4-2-12-21-14-18/h1-14H,(H,22,23). The molecule has 3 rings (SSSR count). The normalized spacial score (nSPS) is 11.4. The van der Waals surface area contributed by atoms with Crippen molar-refractivity contribution >= 4 is 27.5 Å². The zero-order valence-corrected chi connectivity index (χ0v) is 14.4. The molecule has 1 amide bonds. The van der Waals surface area contributed by atoms with Crippen molar-refractivity contribution in [2.75, 3.05) is 5.32 Å². The van der Waals surface area contributed by atoms with Crippen molar-refractivity contribution in [3.05, 3.63) is 85.0 Å². The number of nitrogens with one attached hydrogen (secondary N) is 1. The summed E-state index contributed by atoms with van der Waals surface area (Å²) in [6.45, 7) is 0. The lowest BCUT2D eigenvalue weighted by molar-refractivity contribution is -0.111. The molecule has 3 aromatic rings. The van der Waals surface area contributed by atoms with E-state index in [0.29, 0.717) is 5.69 Å². The smallest absolute Gasteiger partial charge is 0.248 e. The molecule has 0 radical (unpaired) electrons. The molecule has 0 saturated heterocycles. The molecule has 2 aromatic heterocycles. The average Bonchev–Trinajstić information content (AvgIpc) is 2.68. The number of sulfone groups is 1. The summed E-state index contributed by atoms with van der Waals surface area (Å²) < 4.78 is 25.0. The number of carbonyl (C=O) groups is 1. The monoisotopic (exact) mass is 365 g/mol. The van der Waals surface area contributed by atoms with E-state index in [9.17, 15) is 13.2 Å². The predicted molar refractivity (Wildman–Crippen MR) is 98.0 cm³/mol. The van der Waals surface area contributed by atoms with Crippen LogP contribution >= 0.6 is 0 Å². The van der Waals surface area contributed by atoms with Gasteiger partial charge in [-0.2, -0.15) is 0 Å². The first-order chi connectivity index (χ1) is 12.6. The fraction of sp³-hybridized carbons (Fsp3) is 0. The van der Waals surface area contributed by atoms with Gasteiger partial charge in [-0.15, -0.1) is 0 Å². The molecule has 6 nitrogen and oxygen atoms in total. The Morgan fingerprint density at radius 1 is 0.885 bits per heavy atom. The van der Waals surface area contributed by atoms with Crippen LogP contribution in [0.1, 0.15) is 5.56 Å². The largest absolute Gasteiger partial charge is 0.323 e. The molecular formula is C19H15N3O3S. The van der Waals surface area contributed by atoms with Crippen molar-refractivity contribution in [2.24, 2.45) is 0 Å². The molecule has 130 valence electrons. The molecule has 1 N–H and O–H groups in total. The fourth-order valence-corrected chi connectivity index (χ4v) is 3.41. The fourth-order valence-electron chi connectivity index (χ4n) is 2.19. The maximum atomic E-state index is 12.5. The number of nitrogens with zero attached hydrogens (tertiary/aromatic N) is 2. The van der Waals surface area contributed by atoms with Crippen LogP contribution in [-0.2, 0) is 14.6 Å². The van der Waals surface area contributed by atoms with E-state index in [1.807, 2.05) is 6.07 Å². The molecule has 1 aromatic carbocycles. The van der Waals surface area contributed by atoms with Crippen LogP contribution < -0.4 is 5.32 Å². The van der Waals surface area contributed by atoms with Crippen LogP contribution in [0.3, 0.4) is 0 Å². The van der Waals surface area contributed by atoms with Gasteiger partial charge < -0.3 is 5.32 Å². The molecule has 0 spiro atoms. The molecule has 0 unspecified atom stereocenters. The minimum absolute atomic E-state index is 0.121. The first-order valence-electron chi connectivity index (χ1n) is 7.70. The molecule has 0 aliphatic heterocycles. The van der Waals surface area contributed by atoms with Crippen LogP contribution in [0.5, 0.6) is 0 Å². The number of aromatic nitrogens is 2. The summed E-state index contributed by atoms with van der Waals surface area (Å²) in [6.07, 6.45) is 9.13. The molecule has 7 heteroatoms. The second-order valence-electron chi connectivity index (χ2n) is 5.33. The Morgan fingerprint density at radius 2 is 1.58 bits per heavy atom. The van der Waals surface area contributed by atoms with Crippen molar-refractivity contribution in [1.29, 1.82) is 0 Å². The maximum Gasteiger partial charge on any atom is 0.248 e. The minimum Gasteiger partial charge on any atom is -0.323 e. The third kappa shape index (κ3) is 4.20. The lowest BCUT2D eigenvalue weighted by Crippen LogP contribution is -2.08. The van der Waals surface area contributed by atoms with Gasteiger partial charge in [-0.3, -0.25) is 14.8 Å². The first-order valence-corrected chi connectivity index (χ1v) is 9.18. The van der Waals surface area contributed by atoms with Gasteiger partial charge in [0.25, 0.3) is 0 Å². The molecule has 0 bridgehead atoms. The molecule has 0 fully saturated rings. The number of hydrogen-bond acceptors (Lipinski definition) is 5. The van der Waals surface area contributed by atoms with Crippen LogP contribution in [0.4, 0.5) is 5.69 Å². The molecule has 0 saturated carbocycles. The van der Waals surface area contributed by atoms with E-state index in [4.69, 9.17) is 0 Å². The molecule has 2 heterocycles. The number of benzene rings is 1. The van der Waals surface area contributed by atoms with E-state index in [2.05, 4.69) is 15.3 Å². The van der Waals surface area contributed by atoms with Gasteiger partial charge in [0.1, 0.15) is 0 Å². The number of pyridine rings is 2. The Morgan fingerprint density at radius 3 is 2.19 bits per heavy atom. The van der Waals surface area contributed by atoms with Gasteiger partial charge in [-0.25, -0.2) is 8.42 Å². The Kier molecular flexibility index (Phi) is 5.19. The highest BCUT2D eigenvalue weighted by atomic mass is 32.2. The second-order valence-corrected chi connectivity index (χ2v) is 7.28. The number of amides is 1. The van der Waals surface area contributed by atoms with Crippen molar-refractivity contribution < 1.29 is 13.2 Å². The summed E-state index contributed by atoms with van der Waals surface area (Å²) in [7, 11) is -3.63. The van der Waals surface area contributed by atoms with Crippen molar-refractivity contribution in [3.63, 3.8) is 0 Å². The Bertz CT molecular complexity index is 1020. The molecule has 0 atom stereocenters. The highest BCUT2D eigenvalue weighted by Crippen LogP contribution is 2.21. The predicted octanol–water partition coefficient (Wildman–Crippen LogP) is 2.96. The first kappa shape index (κ1) is 17.5. The van der Waals surface area contributed by atoms with Gasteiger partial charge in [0.05, 0.1) is 9.79 Å². The van der Waals surface area contributed by atoms with Gasteiger partial charge in [-0.05, 0) is 54.1 Å². The van der Waals surface area contributed by atoms with Gasteiger partial charge in [-0.1, -0.05) is 6.07 Å². The summed E-state index contributed by atoms with van der Waals surface area (Å²) in [6, 6.07) is 12.6. The third-order valence-electron chi connectivity index (χ3n) is 3.49. The lowest BCUT2D eigenvalue weighted by atomic mass is 10.2. The molecule has 0 aliphatic rings. The van der Waals surface area contributed by atoms with Crippen LogP contribution in [0, 0.1) is 0 Å². The zero-order valence-electron chi connectivity index (χ0n) is 13.6. The Balaban J connectivity index is 1.70. The van der Waals surface area contributed by atoms with E-state index in [-0.39, 0.29) is 15.7 Å². The molecule has 26 heavy (non-hydrogen) atoms. The molecule has 0 aliphatic carbocycles. The Labute approximate surface area is 151 Å². The number of rotatable bonds is 5. The van der Waals surface area contributed by atoms with Crippen LogP contribution in [0.2, 0.25) is 0 Å². The topological polar surface area (TPSA) is 89.0 Å². The van der Waals surface area contributed by atoms with Gasteiger partial charge in [0.15, 0.2) is 0 Å². The summed E-state index contributed by atoms with van der Waals surface area (Å²) >= 11 is 0. The lowest BCUT2D eigenvalue weighted by Gasteiger charge is -2.06. The van der Waals surface area contributed by atoms with Crippen LogP contribution in [-0.4, -0.2) is 24.3 Å². The van der Waals surface area contributed by atoms with E-state index < -0.39 is 9.84 Å². The number of carbonyl (C=O) groups excluding carboxylic acids is 1. The van der Waals surface area contributed by atoms with Crippen LogP contribution in [0.15, 0.2) is 89.2 Å². The quantitative estimate of drug-likeness (QED) is 0.702. The highest BCUT2D eigenvalue weighted by molar-refractivity contribution is 7.91. The maximum absolute atomic E-state index is 12.5. The highest BCUT2D eigenvalue weighted by Gasteiger charge is 2.17. The van der Waals surface area contributed by atoms with E-state index in [1.165, 1.54) is 36.7 Å². The number of hydrogen-bond donors (Lipinski definition) is 1. The van der Waals surface area contributed by atoms with E-state index in [0.717, 1.165) is 5.56 Å². The summed E-state index contributed by atoms with van der Waals surface area (Å²) in [5.41, 5.74) is 1.30. The van der Waals surface area contributed by atoms with Crippen molar-refractivity contribution in [3.8, 4) is 0 Å². The van der Waals surface area contributed by atoms with Gasteiger partial charge in [0, 0.05) is 36.6 Å². The minimum atomic E-state index is -3.63. The molecular weight excluding hydrogens is 350 g/mol. The SMILES string of the molecule is O=C(C=Cc1cccnc1)Nc1ccc(S(=O)(=O)c2cccnc2)cc1. The van der Waals surface area contributed by atoms with Gasteiger partial charge >= 0.3 is 0 Å². The summed E-state index contributed by atoms with van der Waals surface area (Å²) in [4.78, 5) is 20.0.